The Morgan fingerprint density at radius 3 is 2.36 bits per heavy atom. The molecule has 1 heterocycles. The van der Waals surface area contributed by atoms with Gasteiger partial charge < -0.3 is 4.90 Å². The Morgan fingerprint density at radius 1 is 1.73 bits per heavy atom. The Hall–Kier alpha value is -0.840. The molecule has 0 N–H and O–H groups in total. The largest absolute Gasteiger partial charge is 0.351 e. The third-order valence-corrected chi connectivity index (χ3v) is 1.36. The first-order valence-electron chi connectivity index (χ1n) is 2.96. The van der Waals surface area contributed by atoms with Crippen molar-refractivity contribution in [1.82, 2.24) is 4.90 Å². The number of Topliss-reactive ketones (excluding diaryl/α,β-unsaturated/α-hetero) is 1. The maximum atomic E-state index is 10.1. The van der Waals surface area contributed by atoms with Gasteiger partial charge in [-0.1, -0.05) is 0 Å². The molecule has 1 aliphatic heterocycles. The average molecular weight is 174 g/mol. The van der Waals surface area contributed by atoms with Gasteiger partial charge in [0.05, 0.1) is 12.0 Å². The van der Waals surface area contributed by atoms with Crippen molar-refractivity contribution in [1.29, 1.82) is 0 Å². The summed E-state index contributed by atoms with van der Waals surface area (Å²) in [4.78, 5) is 20.9. The molecule has 0 fully saturated rings. The Bertz CT molecular complexity index is 168. The van der Waals surface area contributed by atoms with Crippen LogP contribution in [0.1, 0.15) is 0 Å². The van der Waals surface area contributed by atoms with Crippen LogP contribution in [0.4, 0.5) is 0 Å². The van der Waals surface area contributed by atoms with Crippen LogP contribution in [0, 0.1) is 0 Å². The number of carbonyl (C=O) groups excluding carboxylic acids is 2. The summed E-state index contributed by atoms with van der Waals surface area (Å²) in [5, 5.41) is 0. The molecule has 1 aliphatic rings. The van der Waals surface area contributed by atoms with Gasteiger partial charge in [0.15, 0.2) is 5.78 Å². The van der Waals surface area contributed by atoms with Crippen molar-refractivity contribution in [3.63, 3.8) is 0 Å². The first-order chi connectivity index (χ1) is 5.16. The summed E-state index contributed by atoms with van der Waals surface area (Å²) < 4.78 is 3.61. The Kier molecular flexibility index (Phi) is 5.46. The van der Waals surface area contributed by atoms with E-state index in [0.717, 1.165) is 6.41 Å². The second-order valence-electron chi connectivity index (χ2n) is 2.04. The van der Waals surface area contributed by atoms with Crippen molar-refractivity contribution >= 4 is 30.4 Å². The Morgan fingerprint density at radius 2 is 2.27 bits per heavy atom. The van der Waals surface area contributed by atoms with E-state index in [4.69, 9.17) is 0 Å². The van der Waals surface area contributed by atoms with Crippen molar-refractivity contribution in [3.05, 3.63) is 0 Å². The van der Waals surface area contributed by atoms with Crippen LogP contribution in [0.25, 0.3) is 0 Å². The first-order valence-corrected chi connectivity index (χ1v) is 3.91. The van der Waals surface area contributed by atoms with Crippen LogP contribution in [0.2, 0.25) is 0 Å². The fraction of sp³-hybridized carbons (Fsp3) is 0.500. The Labute approximate surface area is 69.8 Å². The molecule has 11 heavy (non-hydrogen) atoms. The van der Waals surface area contributed by atoms with E-state index in [2.05, 4.69) is 4.40 Å². The molecule has 0 aromatic carbocycles. The molecule has 0 saturated heterocycles. The van der Waals surface area contributed by atoms with Gasteiger partial charge in [0.1, 0.15) is 0 Å². The summed E-state index contributed by atoms with van der Waals surface area (Å²) >= 11 is 1.30. The lowest BCUT2D eigenvalue weighted by atomic mass is 10.5. The highest BCUT2D eigenvalue weighted by atomic mass is 32.2. The molecule has 5 heteroatoms. The summed E-state index contributed by atoms with van der Waals surface area (Å²) in [6.07, 6.45) is 2.10. The molecule has 0 atom stereocenters. The zero-order valence-electron chi connectivity index (χ0n) is 6.48. The zero-order chi connectivity index (χ0) is 8.69. The molecule has 0 unspecified atom stereocenters. The highest BCUT2D eigenvalue weighted by Gasteiger charge is 2.01. The maximum absolute atomic E-state index is 10.1. The van der Waals surface area contributed by atoms with Crippen molar-refractivity contribution in [2.24, 2.45) is 4.40 Å². The van der Waals surface area contributed by atoms with E-state index in [1.54, 1.807) is 14.1 Å². The van der Waals surface area contributed by atoms with Gasteiger partial charge in [0.2, 0.25) is 6.41 Å². The highest BCUT2D eigenvalue weighted by Crippen LogP contribution is 2.05. The molecular weight excluding hydrogens is 164 g/mol. The van der Waals surface area contributed by atoms with Crippen LogP contribution in [0.15, 0.2) is 4.40 Å². The van der Waals surface area contributed by atoms with Gasteiger partial charge in [-0.15, -0.1) is 0 Å². The van der Waals surface area contributed by atoms with Crippen LogP contribution in [0.3, 0.4) is 0 Å². The normalized spacial score (nSPS) is 13.8. The van der Waals surface area contributed by atoms with E-state index >= 15 is 0 Å². The molecule has 0 aromatic rings. The van der Waals surface area contributed by atoms with Crippen LogP contribution in [-0.2, 0) is 9.59 Å². The van der Waals surface area contributed by atoms with Gasteiger partial charge in [-0.25, -0.2) is 4.40 Å². The van der Waals surface area contributed by atoms with Gasteiger partial charge in [0.25, 0.3) is 0 Å². The van der Waals surface area contributed by atoms with Crippen LogP contribution in [-0.4, -0.2) is 43.2 Å². The lowest BCUT2D eigenvalue weighted by Gasteiger charge is -1.93. The summed E-state index contributed by atoms with van der Waals surface area (Å²) in [7, 11) is 3.38. The fourth-order valence-corrected chi connectivity index (χ4v) is 0.703. The van der Waals surface area contributed by atoms with Crippen LogP contribution < -0.4 is 0 Å². The van der Waals surface area contributed by atoms with Gasteiger partial charge in [-0.2, -0.15) is 0 Å². The minimum atomic E-state index is 0.125. The van der Waals surface area contributed by atoms with Crippen molar-refractivity contribution in [2.75, 3.05) is 19.8 Å². The highest BCUT2D eigenvalue weighted by molar-refractivity contribution is 7.99. The second-order valence-corrected chi connectivity index (χ2v) is 2.80. The second kappa shape index (κ2) is 5.91. The lowest BCUT2D eigenvalue weighted by Crippen LogP contribution is -2.06. The quantitative estimate of drug-likeness (QED) is 0.415. The van der Waals surface area contributed by atoms with E-state index in [1.807, 2.05) is 0 Å². The minimum Gasteiger partial charge on any atom is -0.351 e. The number of amides is 1. The van der Waals surface area contributed by atoms with Gasteiger partial charge >= 0.3 is 0 Å². The van der Waals surface area contributed by atoms with Gasteiger partial charge in [-0.05, 0) is 11.9 Å². The Balaban J connectivity index is 0.000000187. The molecule has 0 saturated carbocycles. The fourth-order valence-electron chi connectivity index (χ4n) is 0.234. The van der Waals surface area contributed by atoms with E-state index in [1.165, 1.54) is 23.1 Å². The van der Waals surface area contributed by atoms with E-state index in [-0.39, 0.29) is 5.78 Å². The molecule has 0 bridgehead atoms. The number of nitrogens with zero attached hydrogens (tertiary/aromatic N) is 2. The lowest BCUT2D eigenvalue weighted by molar-refractivity contribution is -0.116. The van der Waals surface area contributed by atoms with Gasteiger partial charge in [-0.3, -0.25) is 9.59 Å². The number of hydrogen-bond donors (Lipinski definition) is 0. The van der Waals surface area contributed by atoms with E-state index < -0.39 is 0 Å². The molecule has 0 aliphatic carbocycles. The molecule has 0 spiro atoms. The molecule has 1 rings (SSSR count). The topological polar surface area (TPSA) is 49.7 Å². The smallest absolute Gasteiger partial charge is 0.209 e. The molecule has 0 radical (unpaired) electrons. The minimum absolute atomic E-state index is 0.125. The summed E-state index contributed by atoms with van der Waals surface area (Å²) in [5.74, 6) is 0.667. The third kappa shape index (κ3) is 7.05. The molecular formula is C6H10N2O2S. The molecule has 1 amide bonds. The van der Waals surface area contributed by atoms with Crippen molar-refractivity contribution in [3.8, 4) is 0 Å². The standard InChI is InChI=1S/C3H3NOS.C3H7NO/c5-3-1-4-6-2-3;1-4(2)3-5/h1H,2H2;3H,1-2H3. The maximum Gasteiger partial charge on any atom is 0.209 e. The predicted octanol–water partition coefficient (Wildman–Crippen LogP) is -0.00750. The third-order valence-electron chi connectivity index (χ3n) is 0.689. The number of rotatable bonds is 1. The summed E-state index contributed by atoms with van der Waals surface area (Å²) in [6, 6.07) is 0. The monoisotopic (exact) mass is 174 g/mol. The zero-order valence-corrected chi connectivity index (χ0v) is 7.30. The number of carbonyl (C=O) groups is 2. The average Bonchev–Trinajstić information content (AvgIpc) is 2.41. The number of hydrogen-bond acceptors (Lipinski definition) is 4. The molecule has 4 nitrogen and oxygen atoms in total. The molecule has 0 aromatic heterocycles. The summed E-state index contributed by atoms with van der Waals surface area (Å²) in [5.41, 5.74) is 0. The van der Waals surface area contributed by atoms with E-state index in [9.17, 15) is 9.59 Å². The van der Waals surface area contributed by atoms with Crippen LogP contribution in [0.5, 0.6) is 0 Å². The van der Waals surface area contributed by atoms with E-state index in [0.29, 0.717) is 5.75 Å². The van der Waals surface area contributed by atoms with Gasteiger partial charge in [0, 0.05) is 14.1 Å². The predicted molar refractivity (Wildman–Crippen MR) is 45.7 cm³/mol. The number of ketones is 1. The summed E-state index contributed by atoms with van der Waals surface area (Å²) in [6.45, 7) is 0. The van der Waals surface area contributed by atoms with Crippen molar-refractivity contribution < 1.29 is 9.59 Å². The SMILES string of the molecule is CN(C)C=O.O=C1C=NSC1. The van der Waals surface area contributed by atoms with Crippen LogP contribution >= 0.6 is 11.9 Å². The van der Waals surface area contributed by atoms with Crippen molar-refractivity contribution in [2.45, 2.75) is 0 Å². The molecule has 62 valence electrons. The first kappa shape index (κ1) is 10.2.